The Hall–Kier alpha value is -8.22. The summed E-state index contributed by atoms with van der Waals surface area (Å²) in [7, 11) is 4.64. The summed E-state index contributed by atoms with van der Waals surface area (Å²) in [6.45, 7) is 15.5. The monoisotopic (exact) mass is 1930 g/mol. The van der Waals surface area contributed by atoms with E-state index in [0.29, 0.717) is 122 Å². The number of carbonyl (C=O) groups excluding carboxylic acids is 9. The SMILES string of the molecule is COc1ccc2nc3c(nc2c1)O[C@H]1CN(C(=O)[C@H](C(C)(C)C)CC(=O)O[C@@H]2CC4CC4[C@H]2CCCCC3)[C@H]([C-]=O)[C@@H]1F.COc1ccc2nc3c(nc2c1)O[C@H]1CN(C(=O)[C@H](C(C)(C)C)CC(=O)O[C@@H]2C[C@H]2CCCCC3)[C@H]([C-]=O)C1(F)F.COc1ccc2nc3c(nc2c1)O[C@H]1CN(C(=O)[C@H](C(C)(C)C)CC(=O)O[C@@H]2[C@H]4CC[C@H](C4)[C@H]2CCCCC3)[C@H]([C-]=O)[C@@H]1F.[V].[V].[V]. The Morgan fingerprint density at radius 2 is 0.786 bits per heavy atom. The first-order valence-electron chi connectivity index (χ1n) is 45.9. The van der Waals surface area contributed by atoms with Crippen LogP contribution in [0, 0.1) is 75.4 Å². The Labute approximate surface area is 798 Å². The molecular formula is C97H120F4N9O18V3-3. The maximum atomic E-state index is 15.9. The Kier molecular flexibility index (Phi) is 32.9. The van der Waals surface area contributed by atoms with Crippen LogP contribution in [0.15, 0.2) is 54.6 Å². The van der Waals surface area contributed by atoms with Crippen molar-refractivity contribution < 1.29 is 159 Å². The van der Waals surface area contributed by atoms with Gasteiger partial charge in [0.15, 0.2) is 6.10 Å². The standard InChI is InChI=1S/C34H43FN3O6.C33H41FN3O6.C30H36F2N3O6.3V/c1-34(2,3)23-16-29(40)44-31-20-11-10-19(14-20)22(31)8-6-5-7-9-25-32(37-26-15-21(42-4)12-13-24(26)36-25)43-28-17-38(33(23)41)27(18-39)30(28)35;1-33(2,3)22-15-29(39)42-27-13-18-12-21(18)20(27)8-6-5-7-9-24-31(36-25-14-19(41-4)10-11-23(25)35-24)43-28-16-37(32(22)40)26(17-38)30(28)34;1-29(2,3)19-14-26(37)40-23-12-17(23)8-6-5-7-9-21-27(34-22-13-18(39-4)10-11-20(22)33-21)41-25-15-35(28(19)38)24(16-36)30(25,31)32;;;/h12-13,15,19-20,22-23,27-28,30-31H,5-11,14,16-17H2,1-4H3;10-11,14,18,20-22,26-28,30H,5-9,12-13,15-16H2,1-4H3;10-11,13,17,19,23-25H,5-9,12,14-15H2,1-4H3;;;/q3*-1;;;/t19-,20+,22-,23-,27-,28+,30+,31-;18?,20-,21?,22-,26-,27-,28+,30+;17-,19-,23-,24-,25+;;;/m111.../s1. The number of rotatable bonds is 6. The van der Waals surface area contributed by atoms with Crippen LogP contribution in [0.25, 0.3) is 33.1 Å². The molecular weight excluding hydrogens is 1810 g/mol. The van der Waals surface area contributed by atoms with Gasteiger partial charge in [0.2, 0.25) is 35.4 Å². The van der Waals surface area contributed by atoms with Crippen LogP contribution in [-0.2, 0) is 132 Å². The zero-order valence-corrected chi connectivity index (χ0v) is 80.8. The van der Waals surface area contributed by atoms with Gasteiger partial charge in [0.05, 0.1) is 111 Å². The molecule has 34 heteroatoms. The van der Waals surface area contributed by atoms with Gasteiger partial charge in [-0.2, -0.15) is 0 Å². The molecule has 0 spiro atoms. The second-order valence-corrected chi connectivity index (χ2v) is 40.3. The molecule has 11 aliphatic rings. The van der Waals surface area contributed by atoms with Crippen molar-refractivity contribution in [1.29, 1.82) is 0 Å². The summed E-state index contributed by atoms with van der Waals surface area (Å²) in [5.74, 6) is -4.22. The predicted molar refractivity (Wildman–Crippen MR) is 461 cm³/mol. The van der Waals surface area contributed by atoms with Gasteiger partial charge >= 0.3 is 17.9 Å². The number of ether oxygens (including phenoxy) is 9. The average Bonchev–Trinajstić information content (AvgIpc) is 1.53. The molecule has 3 radical (unpaired) electrons. The normalized spacial score (nSPS) is 31.1. The Bertz CT molecular complexity index is 5140. The van der Waals surface area contributed by atoms with E-state index in [-0.39, 0.29) is 130 Å². The van der Waals surface area contributed by atoms with Crippen molar-refractivity contribution >= 4 is 87.6 Å². The van der Waals surface area contributed by atoms with Gasteiger partial charge in [-0.1, -0.05) is 101 Å². The number of benzene rings is 3. The van der Waals surface area contributed by atoms with Crippen molar-refractivity contribution in [3.05, 3.63) is 71.7 Å². The minimum absolute atomic E-state index is 0. The summed E-state index contributed by atoms with van der Waals surface area (Å²) in [6, 6.07) is 10.8. The summed E-state index contributed by atoms with van der Waals surface area (Å²) in [5.41, 5.74) is 3.03. The molecule has 707 valence electrons. The molecule has 17 rings (SSSR count). The predicted octanol–water partition coefficient (Wildman–Crippen LogP) is 14.4. The minimum atomic E-state index is -3.76. The number of aryl methyl sites for hydroxylation is 3. The molecule has 8 bridgehead atoms. The summed E-state index contributed by atoms with van der Waals surface area (Å²) < 4.78 is 115. The topological polar surface area (TPSA) is 324 Å². The van der Waals surface area contributed by atoms with Crippen molar-refractivity contribution in [3.63, 3.8) is 0 Å². The van der Waals surface area contributed by atoms with Gasteiger partial charge < -0.3 is 71.7 Å². The fraction of sp³-hybridized carbons (Fsp3) is 0.660. The number of alkyl halides is 4. The molecule has 5 saturated carbocycles. The number of fused-ring (bicyclic) bond motifs is 21. The van der Waals surface area contributed by atoms with Gasteiger partial charge in [0, 0.05) is 79.9 Å². The second kappa shape index (κ2) is 42.4. The maximum Gasteiger partial charge on any atom is 0.306 e. The number of esters is 3. The van der Waals surface area contributed by atoms with Gasteiger partial charge in [0.1, 0.15) is 77.2 Å². The maximum absolute atomic E-state index is 15.9. The number of hydrogen-bond donors (Lipinski definition) is 0. The zero-order valence-electron chi connectivity index (χ0n) is 76.6. The van der Waals surface area contributed by atoms with Gasteiger partial charge in [0.25, 0.3) is 5.92 Å². The fourth-order valence-corrected chi connectivity index (χ4v) is 21.0. The molecule has 2 unspecified atom stereocenters. The third-order valence-electron chi connectivity index (χ3n) is 28.7. The Morgan fingerprint density at radius 3 is 1.21 bits per heavy atom. The van der Waals surface area contributed by atoms with Crippen LogP contribution in [0.1, 0.15) is 214 Å². The molecule has 21 atom stereocenters. The first-order valence-corrected chi connectivity index (χ1v) is 45.9. The third kappa shape index (κ3) is 22.6. The van der Waals surface area contributed by atoms with E-state index in [1.807, 2.05) is 65.8 Å². The molecule has 0 N–H and O–H groups in total. The molecule has 5 aliphatic carbocycles. The van der Waals surface area contributed by atoms with Crippen molar-refractivity contribution in [1.82, 2.24) is 44.6 Å². The van der Waals surface area contributed by atoms with E-state index < -0.39 is 131 Å². The van der Waals surface area contributed by atoms with Crippen molar-refractivity contribution in [3.8, 4) is 34.9 Å². The van der Waals surface area contributed by atoms with Crippen LogP contribution in [0.3, 0.4) is 0 Å². The van der Waals surface area contributed by atoms with Gasteiger partial charge in [-0.3, -0.25) is 28.8 Å². The van der Waals surface area contributed by atoms with Crippen LogP contribution in [0.2, 0.25) is 0 Å². The van der Waals surface area contributed by atoms with E-state index in [1.165, 1.54) is 36.0 Å². The smallest absolute Gasteiger partial charge is 0.306 e. The van der Waals surface area contributed by atoms with E-state index >= 15 is 17.6 Å². The van der Waals surface area contributed by atoms with Gasteiger partial charge in [-0.25, -0.2) is 66.3 Å². The van der Waals surface area contributed by atoms with E-state index in [2.05, 4.69) is 9.97 Å². The number of halogens is 4. The second-order valence-electron chi connectivity index (χ2n) is 40.3. The van der Waals surface area contributed by atoms with Crippen LogP contribution in [-0.4, -0.2) is 213 Å². The molecule has 131 heavy (non-hydrogen) atoms. The van der Waals surface area contributed by atoms with Gasteiger partial charge in [-0.15, -0.1) is 0 Å². The molecule has 3 amide bonds. The third-order valence-corrected chi connectivity index (χ3v) is 28.7. The van der Waals surface area contributed by atoms with Crippen LogP contribution in [0.5, 0.6) is 34.9 Å². The molecule has 3 saturated heterocycles. The molecule has 6 aliphatic heterocycles. The van der Waals surface area contributed by atoms with E-state index in [9.17, 15) is 43.2 Å². The molecule has 3 aromatic heterocycles. The van der Waals surface area contributed by atoms with Crippen LogP contribution in [0.4, 0.5) is 17.6 Å². The summed E-state index contributed by atoms with van der Waals surface area (Å²) in [4.78, 5) is 149. The summed E-state index contributed by atoms with van der Waals surface area (Å²) >= 11 is 0. The van der Waals surface area contributed by atoms with Crippen molar-refractivity contribution in [2.24, 2.45) is 75.4 Å². The molecule has 6 aromatic rings. The molecule has 9 heterocycles. The average molecular weight is 1930 g/mol. The largest absolute Gasteiger partial charge is 0.540 e. The van der Waals surface area contributed by atoms with Gasteiger partial charge in [-0.05, 0) is 202 Å². The van der Waals surface area contributed by atoms with Crippen molar-refractivity contribution in [2.45, 2.75) is 289 Å². The molecule has 27 nitrogen and oxygen atoms in total. The van der Waals surface area contributed by atoms with Crippen LogP contribution < -0.4 is 28.4 Å². The summed E-state index contributed by atoms with van der Waals surface area (Å²) in [5, 5.41) is 0. The first-order chi connectivity index (χ1) is 61.0. The Balaban J connectivity index is 0.000000176. The molecule has 3 aromatic carbocycles. The summed E-state index contributed by atoms with van der Waals surface area (Å²) in [6.07, 6.45) is 14.9. The number of aromatic nitrogens is 6. The zero-order chi connectivity index (χ0) is 91.2. The van der Waals surface area contributed by atoms with Crippen molar-refractivity contribution in [2.75, 3.05) is 41.0 Å². The minimum Gasteiger partial charge on any atom is -0.540 e. The number of methoxy groups -OCH3 is 3. The number of carbonyl (C=O) groups is 6. The number of nitrogens with zero attached hydrogens (tertiary/aromatic N) is 9. The fourth-order valence-electron chi connectivity index (χ4n) is 21.0. The quantitative estimate of drug-likeness (QED) is 0.0647. The number of amides is 3. The Morgan fingerprint density at radius 1 is 0.389 bits per heavy atom. The van der Waals surface area contributed by atoms with E-state index in [4.69, 9.17) is 62.6 Å². The molecule has 8 fully saturated rings. The first kappa shape index (κ1) is 102. The number of hydrogen-bond acceptors (Lipinski definition) is 24. The van der Waals surface area contributed by atoms with E-state index in [0.717, 1.165) is 108 Å². The van der Waals surface area contributed by atoms with Crippen LogP contribution >= 0.6 is 0 Å². The van der Waals surface area contributed by atoms with E-state index in [1.54, 1.807) is 77.9 Å².